The molecule has 0 amide bonds. The van der Waals surface area contributed by atoms with Crippen molar-refractivity contribution < 1.29 is 4.79 Å². The Labute approximate surface area is 110 Å². The molecule has 98 valence electrons. The van der Waals surface area contributed by atoms with Gasteiger partial charge in [-0.2, -0.15) is 0 Å². The maximum Gasteiger partial charge on any atom is 0.155 e. The fraction of sp³-hybridized carbons (Fsp3) is 0.500. The number of aromatic nitrogens is 1. The molecule has 0 radical (unpaired) electrons. The van der Waals surface area contributed by atoms with Crippen molar-refractivity contribution in [3.63, 3.8) is 0 Å². The van der Waals surface area contributed by atoms with E-state index in [-0.39, 0.29) is 5.78 Å². The van der Waals surface area contributed by atoms with Crippen molar-refractivity contribution in [2.45, 2.75) is 46.0 Å². The molecule has 0 aromatic carbocycles. The number of allylic oxidation sites excluding steroid dienone is 1. The number of pyridine rings is 1. The van der Waals surface area contributed by atoms with E-state index in [0.29, 0.717) is 6.42 Å². The van der Waals surface area contributed by atoms with Crippen molar-refractivity contribution in [1.82, 2.24) is 4.98 Å². The van der Waals surface area contributed by atoms with E-state index in [1.54, 1.807) is 18.5 Å². The Morgan fingerprint density at radius 2 is 2.06 bits per heavy atom. The SMILES string of the molecule is CCC[C@H](C)CCCC(=O)/C=C\c1ccncc1. The summed E-state index contributed by atoms with van der Waals surface area (Å²) >= 11 is 0. The van der Waals surface area contributed by atoms with Gasteiger partial charge in [0.15, 0.2) is 5.78 Å². The fourth-order valence-electron chi connectivity index (χ4n) is 2.01. The van der Waals surface area contributed by atoms with Crippen molar-refractivity contribution in [3.05, 3.63) is 36.2 Å². The summed E-state index contributed by atoms with van der Waals surface area (Å²) < 4.78 is 0. The van der Waals surface area contributed by atoms with E-state index in [9.17, 15) is 4.79 Å². The molecule has 1 aromatic heterocycles. The van der Waals surface area contributed by atoms with Gasteiger partial charge in [-0.1, -0.05) is 39.2 Å². The smallest absolute Gasteiger partial charge is 0.155 e. The zero-order valence-corrected chi connectivity index (χ0v) is 11.4. The predicted molar refractivity (Wildman–Crippen MR) is 76.2 cm³/mol. The topological polar surface area (TPSA) is 30.0 Å². The van der Waals surface area contributed by atoms with Gasteiger partial charge in [0, 0.05) is 18.8 Å². The molecule has 18 heavy (non-hydrogen) atoms. The Kier molecular flexibility index (Phi) is 7.00. The Morgan fingerprint density at radius 1 is 1.33 bits per heavy atom. The van der Waals surface area contributed by atoms with Crippen molar-refractivity contribution in [2.24, 2.45) is 5.92 Å². The van der Waals surface area contributed by atoms with E-state index in [1.165, 1.54) is 12.8 Å². The monoisotopic (exact) mass is 245 g/mol. The molecule has 0 aliphatic carbocycles. The second-order valence-electron chi connectivity index (χ2n) is 4.87. The molecular weight excluding hydrogens is 222 g/mol. The molecule has 0 saturated heterocycles. The van der Waals surface area contributed by atoms with Crippen LogP contribution in [0.15, 0.2) is 30.6 Å². The minimum absolute atomic E-state index is 0.218. The first-order valence-corrected chi connectivity index (χ1v) is 6.83. The minimum Gasteiger partial charge on any atom is -0.295 e. The highest BCUT2D eigenvalue weighted by atomic mass is 16.1. The second kappa shape index (κ2) is 8.62. The number of hydrogen-bond donors (Lipinski definition) is 0. The molecular formula is C16H23NO. The van der Waals surface area contributed by atoms with Crippen LogP contribution < -0.4 is 0 Å². The van der Waals surface area contributed by atoms with Gasteiger partial charge >= 0.3 is 0 Å². The average Bonchev–Trinajstić information content (AvgIpc) is 2.38. The van der Waals surface area contributed by atoms with Gasteiger partial charge in [0.1, 0.15) is 0 Å². The molecule has 1 aromatic rings. The Morgan fingerprint density at radius 3 is 2.72 bits per heavy atom. The highest BCUT2D eigenvalue weighted by molar-refractivity contribution is 5.93. The Bertz CT molecular complexity index is 370. The molecule has 1 atom stereocenters. The van der Waals surface area contributed by atoms with Crippen LogP contribution in [0.1, 0.15) is 51.5 Å². The normalized spacial score (nSPS) is 12.8. The van der Waals surface area contributed by atoms with Gasteiger partial charge in [-0.25, -0.2) is 0 Å². The number of carbonyl (C=O) groups excluding carboxylic acids is 1. The summed E-state index contributed by atoms with van der Waals surface area (Å²) in [4.78, 5) is 15.6. The number of carbonyl (C=O) groups is 1. The third-order valence-electron chi connectivity index (χ3n) is 3.07. The lowest BCUT2D eigenvalue weighted by Crippen LogP contribution is -1.97. The highest BCUT2D eigenvalue weighted by Crippen LogP contribution is 2.14. The van der Waals surface area contributed by atoms with Gasteiger partial charge in [0.05, 0.1) is 0 Å². The predicted octanol–water partition coefficient (Wildman–Crippen LogP) is 4.27. The first kappa shape index (κ1) is 14.6. The lowest BCUT2D eigenvalue weighted by molar-refractivity contribution is -0.114. The standard InChI is InChI=1S/C16H23NO/c1-3-5-14(2)6-4-7-16(18)9-8-15-10-12-17-13-11-15/h8-14H,3-7H2,1-2H3/b9-8-/t14-/m0/s1. The molecule has 0 aliphatic rings. The molecule has 0 N–H and O–H groups in total. The van der Waals surface area contributed by atoms with Crippen LogP contribution in [0.4, 0.5) is 0 Å². The van der Waals surface area contributed by atoms with Crippen LogP contribution in [-0.4, -0.2) is 10.8 Å². The van der Waals surface area contributed by atoms with Gasteiger partial charge in [-0.05, 0) is 36.1 Å². The maximum absolute atomic E-state index is 11.7. The summed E-state index contributed by atoms with van der Waals surface area (Å²) in [6.45, 7) is 4.47. The van der Waals surface area contributed by atoms with Crippen molar-refractivity contribution in [1.29, 1.82) is 0 Å². The summed E-state index contributed by atoms with van der Waals surface area (Å²) in [5.74, 6) is 0.961. The summed E-state index contributed by atoms with van der Waals surface area (Å²) in [6.07, 6.45) is 12.3. The zero-order valence-electron chi connectivity index (χ0n) is 11.4. The third-order valence-corrected chi connectivity index (χ3v) is 3.07. The summed E-state index contributed by atoms with van der Waals surface area (Å²) in [7, 11) is 0. The number of hydrogen-bond acceptors (Lipinski definition) is 2. The minimum atomic E-state index is 0.218. The van der Waals surface area contributed by atoms with E-state index in [4.69, 9.17) is 0 Å². The van der Waals surface area contributed by atoms with Gasteiger partial charge in [0.25, 0.3) is 0 Å². The van der Waals surface area contributed by atoms with Crippen molar-refractivity contribution >= 4 is 11.9 Å². The molecule has 1 heterocycles. The van der Waals surface area contributed by atoms with Crippen molar-refractivity contribution in [3.8, 4) is 0 Å². The first-order chi connectivity index (χ1) is 8.72. The van der Waals surface area contributed by atoms with Gasteiger partial charge in [0.2, 0.25) is 0 Å². The molecule has 0 aliphatic heterocycles. The molecule has 2 heteroatoms. The van der Waals surface area contributed by atoms with E-state index in [2.05, 4.69) is 18.8 Å². The molecule has 2 nitrogen and oxygen atoms in total. The number of ketones is 1. The van der Waals surface area contributed by atoms with E-state index < -0.39 is 0 Å². The average molecular weight is 245 g/mol. The van der Waals surface area contributed by atoms with Crippen LogP contribution in [0.5, 0.6) is 0 Å². The Balaban J connectivity index is 2.24. The highest BCUT2D eigenvalue weighted by Gasteiger charge is 2.02. The second-order valence-corrected chi connectivity index (χ2v) is 4.87. The van der Waals surface area contributed by atoms with Crippen molar-refractivity contribution in [2.75, 3.05) is 0 Å². The van der Waals surface area contributed by atoms with Crippen LogP contribution in [-0.2, 0) is 4.79 Å². The van der Waals surface area contributed by atoms with Crippen LogP contribution in [0.3, 0.4) is 0 Å². The van der Waals surface area contributed by atoms with Crippen LogP contribution >= 0.6 is 0 Å². The zero-order chi connectivity index (χ0) is 13.2. The van der Waals surface area contributed by atoms with E-state index in [1.807, 2.05) is 18.2 Å². The van der Waals surface area contributed by atoms with Crippen LogP contribution in [0.2, 0.25) is 0 Å². The summed E-state index contributed by atoms with van der Waals surface area (Å²) in [6, 6.07) is 3.79. The molecule has 0 saturated carbocycles. The first-order valence-electron chi connectivity index (χ1n) is 6.83. The van der Waals surface area contributed by atoms with E-state index >= 15 is 0 Å². The van der Waals surface area contributed by atoms with E-state index in [0.717, 1.165) is 24.3 Å². The molecule has 0 unspecified atom stereocenters. The third kappa shape index (κ3) is 6.33. The molecule has 0 bridgehead atoms. The van der Waals surface area contributed by atoms with Gasteiger partial charge in [-0.3, -0.25) is 9.78 Å². The molecule has 1 rings (SSSR count). The lowest BCUT2D eigenvalue weighted by Gasteiger charge is -2.07. The van der Waals surface area contributed by atoms with Gasteiger partial charge in [-0.15, -0.1) is 0 Å². The van der Waals surface area contributed by atoms with Crippen LogP contribution in [0, 0.1) is 5.92 Å². The number of rotatable bonds is 8. The summed E-state index contributed by atoms with van der Waals surface area (Å²) in [5.41, 5.74) is 1.03. The fourth-order valence-corrected chi connectivity index (χ4v) is 2.01. The lowest BCUT2D eigenvalue weighted by atomic mass is 9.98. The summed E-state index contributed by atoms with van der Waals surface area (Å²) in [5, 5.41) is 0. The Hall–Kier alpha value is -1.44. The van der Waals surface area contributed by atoms with Crippen LogP contribution in [0.25, 0.3) is 6.08 Å². The largest absolute Gasteiger partial charge is 0.295 e. The molecule has 0 fully saturated rings. The quantitative estimate of drug-likeness (QED) is 0.640. The molecule has 0 spiro atoms. The number of nitrogens with zero attached hydrogens (tertiary/aromatic N) is 1. The van der Waals surface area contributed by atoms with Gasteiger partial charge < -0.3 is 0 Å². The maximum atomic E-state index is 11.7.